The number of thiophene rings is 1. The molecule has 0 fully saturated rings. The van der Waals surface area contributed by atoms with Crippen molar-refractivity contribution in [1.82, 2.24) is 4.57 Å². The van der Waals surface area contributed by atoms with Crippen LogP contribution in [-0.4, -0.2) is 4.57 Å². The monoisotopic (exact) mass is 449 g/mol. The van der Waals surface area contributed by atoms with Crippen LogP contribution in [0.2, 0.25) is 0 Å². The molecule has 0 bridgehead atoms. The number of nitrogens with zero attached hydrogens (tertiary/aromatic N) is 1. The molecule has 8 rings (SSSR count). The molecule has 2 heterocycles. The van der Waals surface area contributed by atoms with Crippen LogP contribution >= 0.6 is 11.3 Å². The van der Waals surface area contributed by atoms with E-state index in [4.69, 9.17) is 0 Å². The minimum atomic E-state index is 1.23. The summed E-state index contributed by atoms with van der Waals surface area (Å²) in [7, 11) is 0. The average molecular weight is 450 g/mol. The van der Waals surface area contributed by atoms with Crippen molar-refractivity contribution in [3.05, 3.63) is 115 Å². The summed E-state index contributed by atoms with van der Waals surface area (Å²) in [5.74, 6) is 0. The second-order valence-corrected chi connectivity index (χ2v) is 10.1. The van der Waals surface area contributed by atoms with Crippen molar-refractivity contribution < 1.29 is 0 Å². The first kappa shape index (κ1) is 18.3. The van der Waals surface area contributed by atoms with Gasteiger partial charge in [-0.2, -0.15) is 0 Å². The summed E-state index contributed by atoms with van der Waals surface area (Å²) in [5.41, 5.74) is 3.75. The van der Waals surface area contributed by atoms with Crippen LogP contribution < -0.4 is 0 Å². The van der Waals surface area contributed by atoms with Crippen molar-refractivity contribution in [3.8, 4) is 5.69 Å². The van der Waals surface area contributed by atoms with Crippen LogP contribution in [0.4, 0.5) is 0 Å². The van der Waals surface area contributed by atoms with Crippen LogP contribution in [0.3, 0.4) is 0 Å². The minimum absolute atomic E-state index is 1.23. The molecule has 0 radical (unpaired) electrons. The maximum Gasteiger partial charge on any atom is 0.0555 e. The van der Waals surface area contributed by atoms with E-state index in [1.807, 2.05) is 11.3 Å². The number of hydrogen-bond donors (Lipinski definition) is 0. The molecule has 6 aromatic carbocycles. The Morgan fingerprint density at radius 3 is 1.94 bits per heavy atom. The average Bonchev–Trinajstić information content (AvgIpc) is 3.40. The van der Waals surface area contributed by atoms with Gasteiger partial charge < -0.3 is 4.57 Å². The predicted octanol–water partition coefficient (Wildman–Crippen LogP) is 9.46. The van der Waals surface area contributed by atoms with Crippen LogP contribution in [-0.2, 0) is 0 Å². The summed E-state index contributed by atoms with van der Waals surface area (Å²) in [5, 5.41) is 10.4. The van der Waals surface area contributed by atoms with Gasteiger partial charge in [0.25, 0.3) is 0 Å². The van der Waals surface area contributed by atoms with Gasteiger partial charge in [-0.3, -0.25) is 0 Å². The predicted molar refractivity (Wildman–Crippen MR) is 149 cm³/mol. The molecule has 0 aliphatic rings. The van der Waals surface area contributed by atoms with Gasteiger partial charge in [0.05, 0.1) is 16.7 Å². The van der Waals surface area contributed by atoms with E-state index >= 15 is 0 Å². The van der Waals surface area contributed by atoms with E-state index < -0.39 is 0 Å². The summed E-state index contributed by atoms with van der Waals surface area (Å²) in [6.45, 7) is 0. The van der Waals surface area contributed by atoms with Crippen molar-refractivity contribution in [2.45, 2.75) is 0 Å². The van der Waals surface area contributed by atoms with Crippen LogP contribution in [0.5, 0.6) is 0 Å². The Balaban J connectivity index is 1.62. The Hall–Kier alpha value is -4.14. The van der Waals surface area contributed by atoms with E-state index in [9.17, 15) is 0 Å². The maximum absolute atomic E-state index is 2.48. The van der Waals surface area contributed by atoms with Crippen LogP contribution in [0.1, 0.15) is 0 Å². The highest BCUT2D eigenvalue weighted by atomic mass is 32.1. The molecule has 2 heteroatoms. The Bertz CT molecular complexity index is 2070. The normalized spacial score (nSPS) is 12.1. The molecule has 34 heavy (non-hydrogen) atoms. The summed E-state index contributed by atoms with van der Waals surface area (Å²) in [4.78, 5) is 0. The Morgan fingerprint density at radius 2 is 1.06 bits per heavy atom. The summed E-state index contributed by atoms with van der Waals surface area (Å²) in [6, 6.07) is 42.3. The third-order valence-electron chi connectivity index (χ3n) is 7.14. The molecule has 0 spiro atoms. The van der Waals surface area contributed by atoms with Crippen molar-refractivity contribution in [1.29, 1.82) is 0 Å². The van der Waals surface area contributed by atoms with Gasteiger partial charge >= 0.3 is 0 Å². The van der Waals surface area contributed by atoms with Gasteiger partial charge in [-0.25, -0.2) is 0 Å². The van der Waals surface area contributed by atoms with E-state index in [2.05, 4.69) is 120 Å². The van der Waals surface area contributed by atoms with Gasteiger partial charge in [-0.05, 0) is 52.6 Å². The number of aromatic nitrogens is 1. The molecule has 1 nitrogen and oxygen atoms in total. The summed E-state index contributed by atoms with van der Waals surface area (Å²) >= 11 is 1.88. The molecule has 0 aliphatic carbocycles. The Labute approximate surface area is 200 Å². The summed E-state index contributed by atoms with van der Waals surface area (Å²) < 4.78 is 5.16. The van der Waals surface area contributed by atoms with E-state index in [1.165, 1.54) is 69.2 Å². The number of rotatable bonds is 1. The topological polar surface area (TPSA) is 4.93 Å². The first-order chi connectivity index (χ1) is 16.8. The zero-order chi connectivity index (χ0) is 22.2. The van der Waals surface area contributed by atoms with Crippen molar-refractivity contribution in [2.24, 2.45) is 0 Å². The SMILES string of the molecule is c1ccc2cc3c(cc2c1)c1cc2c(cc1n3-c1cccc3ccccc13)sc1ccccc12. The quantitative estimate of drug-likeness (QED) is 0.235. The Kier molecular flexibility index (Phi) is 3.60. The molecular formula is C32H19NS. The highest BCUT2D eigenvalue weighted by Gasteiger charge is 2.17. The first-order valence-electron chi connectivity index (χ1n) is 11.6. The van der Waals surface area contributed by atoms with Gasteiger partial charge in [0.1, 0.15) is 0 Å². The fraction of sp³-hybridized carbons (Fsp3) is 0. The lowest BCUT2D eigenvalue weighted by Crippen LogP contribution is -1.95. The molecule has 2 aromatic heterocycles. The molecule has 0 aliphatic heterocycles. The molecular weight excluding hydrogens is 430 g/mol. The minimum Gasteiger partial charge on any atom is -0.309 e. The molecule has 8 aromatic rings. The van der Waals surface area contributed by atoms with Gasteiger partial charge in [0, 0.05) is 36.3 Å². The molecule has 0 atom stereocenters. The largest absolute Gasteiger partial charge is 0.309 e. The second kappa shape index (κ2) is 6.69. The van der Waals surface area contributed by atoms with Crippen molar-refractivity contribution >= 4 is 74.9 Å². The number of hydrogen-bond acceptors (Lipinski definition) is 1. The van der Waals surface area contributed by atoms with Crippen LogP contribution in [0.15, 0.2) is 115 Å². The van der Waals surface area contributed by atoms with Gasteiger partial charge in [0.15, 0.2) is 0 Å². The second-order valence-electron chi connectivity index (χ2n) is 9.01. The van der Waals surface area contributed by atoms with E-state index in [0.717, 1.165) is 0 Å². The lowest BCUT2D eigenvalue weighted by Gasteiger charge is -2.12. The van der Waals surface area contributed by atoms with E-state index in [0.29, 0.717) is 0 Å². The lowest BCUT2D eigenvalue weighted by atomic mass is 10.0. The first-order valence-corrected chi connectivity index (χ1v) is 12.4. The molecule has 0 unspecified atom stereocenters. The molecule has 0 saturated carbocycles. The smallest absolute Gasteiger partial charge is 0.0555 e. The molecule has 0 N–H and O–H groups in total. The van der Waals surface area contributed by atoms with Crippen molar-refractivity contribution in [2.75, 3.05) is 0 Å². The lowest BCUT2D eigenvalue weighted by molar-refractivity contribution is 1.20. The maximum atomic E-state index is 2.48. The highest BCUT2D eigenvalue weighted by Crippen LogP contribution is 2.42. The molecule has 158 valence electrons. The summed E-state index contributed by atoms with van der Waals surface area (Å²) in [6.07, 6.45) is 0. The fourth-order valence-corrected chi connectivity index (χ4v) is 6.70. The fourth-order valence-electron chi connectivity index (χ4n) is 5.58. The molecule has 0 amide bonds. The third-order valence-corrected chi connectivity index (χ3v) is 8.27. The van der Waals surface area contributed by atoms with Gasteiger partial charge in [-0.1, -0.05) is 78.9 Å². The van der Waals surface area contributed by atoms with E-state index in [-0.39, 0.29) is 0 Å². The van der Waals surface area contributed by atoms with E-state index in [1.54, 1.807) is 0 Å². The standard InChI is InChI=1S/C32H19NS/c1-2-10-22-17-29-25(16-21(22)9-1)26-18-27-24-13-5-6-15-31(24)34-32(27)19-30(26)33(29)28-14-7-11-20-8-3-4-12-23(20)28/h1-19H. The zero-order valence-electron chi connectivity index (χ0n) is 18.3. The molecule has 0 saturated heterocycles. The number of fused-ring (bicyclic) bond motifs is 8. The zero-order valence-corrected chi connectivity index (χ0v) is 19.1. The van der Waals surface area contributed by atoms with Crippen LogP contribution in [0.25, 0.3) is 69.2 Å². The highest BCUT2D eigenvalue weighted by molar-refractivity contribution is 7.25. The third kappa shape index (κ3) is 2.43. The van der Waals surface area contributed by atoms with Crippen LogP contribution in [0, 0.1) is 0 Å². The van der Waals surface area contributed by atoms with Gasteiger partial charge in [0.2, 0.25) is 0 Å². The Morgan fingerprint density at radius 1 is 0.412 bits per heavy atom. The van der Waals surface area contributed by atoms with Gasteiger partial charge in [-0.15, -0.1) is 11.3 Å². The number of benzene rings is 6. The van der Waals surface area contributed by atoms with Crippen molar-refractivity contribution in [3.63, 3.8) is 0 Å².